The van der Waals surface area contributed by atoms with E-state index in [9.17, 15) is 4.39 Å². The molecule has 0 spiro atoms. The van der Waals surface area contributed by atoms with Crippen molar-refractivity contribution in [2.75, 3.05) is 0 Å². The Morgan fingerprint density at radius 2 is 1.03 bits per heavy atom. The van der Waals surface area contributed by atoms with Crippen LogP contribution in [0.1, 0.15) is 78.5 Å². The Hall–Kier alpha value is -3.29. The van der Waals surface area contributed by atoms with Gasteiger partial charge in [0.1, 0.15) is 5.82 Å². The van der Waals surface area contributed by atoms with Crippen molar-refractivity contribution in [2.24, 2.45) is 0 Å². The average molecular weight is 423 g/mol. The maximum atomic E-state index is 14.9. The van der Waals surface area contributed by atoms with Gasteiger partial charge in [-0.1, -0.05) is 74.6 Å². The molecule has 0 aliphatic heterocycles. The van der Waals surface area contributed by atoms with Crippen LogP contribution >= 0.6 is 0 Å². The minimum atomic E-state index is -0.293. The van der Waals surface area contributed by atoms with Crippen LogP contribution in [0.2, 0.25) is 0 Å². The molecule has 1 heteroatoms. The van der Waals surface area contributed by atoms with E-state index < -0.39 is 0 Å². The minimum absolute atomic E-state index is 0.293. The van der Waals surface area contributed by atoms with Gasteiger partial charge in [-0.2, -0.15) is 0 Å². The number of hydrogen-bond donors (Lipinski definition) is 0. The van der Waals surface area contributed by atoms with Gasteiger partial charge in [-0.25, -0.2) is 4.39 Å². The summed E-state index contributed by atoms with van der Waals surface area (Å²) in [5, 5.41) is 0. The smallest absolute Gasteiger partial charge is 0.142 e. The van der Waals surface area contributed by atoms with Crippen molar-refractivity contribution in [1.29, 1.82) is 0 Å². The second-order valence-electron chi connectivity index (χ2n) is 8.20. The zero-order valence-electron chi connectivity index (χ0n) is 19.4. The molecule has 32 heavy (non-hydrogen) atoms. The molecular formula is C31H31F. The molecule has 162 valence electrons. The highest BCUT2D eigenvalue weighted by molar-refractivity contribution is 5.52. The molecule has 0 amide bonds. The molecule has 3 aromatic carbocycles. The Morgan fingerprint density at radius 3 is 1.50 bits per heavy atom. The second-order valence-corrected chi connectivity index (χ2v) is 8.20. The van der Waals surface area contributed by atoms with Gasteiger partial charge < -0.3 is 0 Å². The number of aryl methyl sites for hydroxylation is 2. The Kier molecular flexibility index (Phi) is 8.71. The molecule has 0 atom stereocenters. The summed E-state index contributed by atoms with van der Waals surface area (Å²) in [5.74, 6) is 12.0. The summed E-state index contributed by atoms with van der Waals surface area (Å²) in [6, 6.07) is 20.2. The summed E-state index contributed by atoms with van der Waals surface area (Å²) in [6.07, 6.45) is 6.95. The van der Waals surface area contributed by atoms with Crippen molar-refractivity contribution in [2.45, 2.75) is 59.3 Å². The standard InChI is InChI=1S/C31H31F/c1-4-6-8-25-10-14-27(15-11-25)18-20-29-22-23-30(31(32)24(29)3)21-19-28-16-12-26(13-17-28)9-7-5-2/h10-17,22-23H,4-9H2,1-3H3. The molecule has 0 heterocycles. The molecule has 0 nitrogen and oxygen atoms in total. The van der Waals surface area contributed by atoms with Crippen LogP contribution in [0.15, 0.2) is 60.7 Å². The van der Waals surface area contributed by atoms with Crippen molar-refractivity contribution in [3.8, 4) is 23.7 Å². The quantitative estimate of drug-likeness (QED) is 0.358. The van der Waals surface area contributed by atoms with E-state index in [0.717, 1.165) is 24.0 Å². The fourth-order valence-electron chi connectivity index (χ4n) is 3.47. The number of benzene rings is 3. The van der Waals surface area contributed by atoms with Crippen LogP contribution in [0, 0.1) is 36.4 Å². The van der Waals surface area contributed by atoms with Gasteiger partial charge in [0.15, 0.2) is 0 Å². The summed E-state index contributed by atoms with van der Waals surface area (Å²) in [5.41, 5.74) is 6.13. The van der Waals surface area contributed by atoms with Crippen LogP contribution in [-0.2, 0) is 12.8 Å². The summed E-state index contributed by atoms with van der Waals surface area (Å²) in [6.45, 7) is 6.16. The van der Waals surface area contributed by atoms with E-state index in [-0.39, 0.29) is 5.82 Å². The summed E-state index contributed by atoms with van der Waals surface area (Å²) < 4.78 is 14.9. The Balaban J connectivity index is 1.72. The van der Waals surface area contributed by atoms with E-state index in [1.54, 1.807) is 13.0 Å². The molecule has 0 aliphatic rings. The Labute approximate surface area is 192 Å². The number of rotatable bonds is 6. The van der Waals surface area contributed by atoms with Gasteiger partial charge in [-0.3, -0.25) is 0 Å². The van der Waals surface area contributed by atoms with E-state index in [1.165, 1.54) is 36.8 Å². The monoisotopic (exact) mass is 422 g/mol. The summed E-state index contributed by atoms with van der Waals surface area (Å²) >= 11 is 0. The van der Waals surface area contributed by atoms with Crippen molar-refractivity contribution in [1.82, 2.24) is 0 Å². The first-order chi connectivity index (χ1) is 15.6. The van der Waals surface area contributed by atoms with E-state index in [2.05, 4.69) is 61.8 Å². The Bertz CT molecular complexity index is 1050. The highest BCUT2D eigenvalue weighted by Crippen LogP contribution is 2.17. The van der Waals surface area contributed by atoms with E-state index in [0.29, 0.717) is 16.7 Å². The molecule has 0 radical (unpaired) electrons. The highest BCUT2D eigenvalue weighted by atomic mass is 19.1. The van der Waals surface area contributed by atoms with Crippen molar-refractivity contribution < 1.29 is 4.39 Å². The summed E-state index contributed by atoms with van der Waals surface area (Å²) in [4.78, 5) is 0. The van der Waals surface area contributed by atoms with E-state index in [1.807, 2.05) is 30.3 Å². The van der Waals surface area contributed by atoms with Crippen molar-refractivity contribution in [3.05, 3.63) is 105 Å². The maximum absolute atomic E-state index is 14.9. The third kappa shape index (κ3) is 6.60. The molecule has 0 unspecified atom stereocenters. The lowest BCUT2D eigenvalue weighted by Gasteiger charge is -2.03. The van der Waals surface area contributed by atoms with Crippen LogP contribution < -0.4 is 0 Å². The highest BCUT2D eigenvalue weighted by Gasteiger charge is 2.07. The fraction of sp³-hybridized carbons (Fsp3) is 0.290. The van der Waals surface area contributed by atoms with E-state index in [4.69, 9.17) is 0 Å². The molecule has 0 saturated heterocycles. The van der Waals surface area contributed by atoms with Gasteiger partial charge in [0, 0.05) is 22.3 Å². The molecular weight excluding hydrogens is 391 g/mol. The predicted molar refractivity (Wildman–Crippen MR) is 133 cm³/mol. The molecule has 0 saturated carbocycles. The average Bonchev–Trinajstić information content (AvgIpc) is 2.83. The zero-order chi connectivity index (χ0) is 22.8. The molecule has 0 aromatic heterocycles. The third-order valence-corrected chi connectivity index (χ3v) is 5.62. The SMILES string of the molecule is CCCCc1ccc(C#Cc2ccc(C#Cc3ccc(CCCC)cc3)c(F)c2C)cc1. The largest absolute Gasteiger partial charge is 0.205 e. The lowest BCUT2D eigenvalue weighted by molar-refractivity contribution is 0.614. The lowest BCUT2D eigenvalue weighted by atomic mass is 10.0. The van der Waals surface area contributed by atoms with Crippen molar-refractivity contribution in [3.63, 3.8) is 0 Å². The first-order valence-electron chi connectivity index (χ1n) is 11.6. The third-order valence-electron chi connectivity index (χ3n) is 5.62. The van der Waals surface area contributed by atoms with Gasteiger partial charge in [0.05, 0.1) is 5.56 Å². The molecule has 0 bridgehead atoms. The van der Waals surface area contributed by atoms with Crippen LogP contribution in [0.4, 0.5) is 4.39 Å². The minimum Gasteiger partial charge on any atom is -0.205 e. The van der Waals surface area contributed by atoms with Gasteiger partial charge in [0.2, 0.25) is 0 Å². The number of halogens is 1. The van der Waals surface area contributed by atoms with E-state index >= 15 is 0 Å². The van der Waals surface area contributed by atoms with Gasteiger partial charge in [-0.15, -0.1) is 0 Å². The van der Waals surface area contributed by atoms with Crippen LogP contribution in [-0.4, -0.2) is 0 Å². The molecule has 0 aliphatic carbocycles. The molecule has 3 rings (SSSR count). The second kappa shape index (κ2) is 11.9. The van der Waals surface area contributed by atoms with Crippen LogP contribution in [0.3, 0.4) is 0 Å². The van der Waals surface area contributed by atoms with Gasteiger partial charge in [0.25, 0.3) is 0 Å². The molecule has 0 N–H and O–H groups in total. The lowest BCUT2D eigenvalue weighted by Crippen LogP contribution is -1.93. The zero-order valence-corrected chi connectivity index (χ0v) is 19.4. The fourth-order valence-corrected chi connectivity index (χ4v) is 3.47. The molecule has 3 aromatic rings. The number of unbranched alkanes of at least 4 members (excludes halogenated alkanes) is 2. The first kappa shape index (κ1) is 23.4. The summed E-state index contributed by atoms with van der Waals surface area (Å²) in [7, 11) is 0. The van der Waals surface area contributed by atoms with Crippen molar-refractivity contribution >= 4 is 0 Å². The molecule has 0 fully saturated rings. The first-order valence-corrected chi connectivity index (χ1v) is 11.6. The van der Waals surface area contributed by atoms with Gasteiger partial charge >= 0.3 is 0 Å². The van der Waals surface area contributed by atoms with Crippen LogP contribution in [0.5, 0.6) is 0 Å². The Morgan fingerprint density at radius 1 is 0.594 bits per heavy atom. The maximum Gasteiger partial charge on any atom is 0.142 e. The predicted octanol–water partition coefficient (Wildman–Crippen LogP) is 7.62. The number of hydrogen-bond acceptors (Lipinski definition) is 0. The van der Waals surface area contributed by atoms with Crippen LogP contribution in [0.25, 0.3) is 0 Å². The van der Waals surface area contributed by atoms with Gasteiger partial charge in [-0.05, 0) is 80.1 Å². The topological polar surface area (TPSA) is 0 Å². The normalized spacial score (nSPS) is 10.1.